The molecule has 0 bridgehead atoms. The zero-order valence-electron chi connectivity index (χ0n) is 7.28. The van der Waals surface area contributed by atoms with Gasteiger partial charge in [0.2, 0.25) is 5.69 Å². The molecule has 5 nitrogen and oxygen atoms in total. The first-order valence-electron chi connectivity index (χ1n) is 3.79. The molecular formula is C7H6F3N3O2. The predicted octanol–water partition coefficient (Wildman–Crippen LogP) is 1.53. The number of nitrogens with zero attached hydrogens (tertiary/aromatic N) is 2. The molecule has 0 unspecified atom stereocenters. The Morgan fingerprint density at radius 2 is 2.20 bits per heavy atom. The van der Waals surface area contributed by atoms with Gasteiger partial charge in [0, 0.05) is 12.6 Å². The molecular weight excluding hydrogens is 215 g/mol. The molecule has 0 amide bonds. The highest BCUT2D eigenvalue weighted by atomic mass is 19.3. The standard InChI is InChI=1S/C7H6F3N3O2/c8-4-1-5(6(9)10)12-7(13(14)15)3(4)2-11/h1,6H,2,11H2. The van der Waals surface area contributed by atoms with Crippen molar-refractivity contribution in [2.75, 3.05) is 0 Å². The van der Waals surface area contributed by atoms with Crippen LogP contribution >= 0.6 is 0 Å². The second-order valence-electron chi connectivity index (χ2n) is 2.59. The smallest absolute Gasteiger partial charge is 0.358 e. The van der Waals surface area contributed by atoms with Crippen LogP contribution in [0.3, 0.4) is 0 Å². The van der Waals surface area contributed by atoms with Crippen molar-refractivity contribution >= 4 is 5.82 Å². The number of hydrogen-bond donors (Lipinski definition) is 1. The molecule has 0 aliphatic heterocycles. The van der Waals surface area contributed by atoms with Crippen LogP contribution in [0.4, 0.5) is 19.0 Å². The average Bonchev–Trinajstić information content (AvgIpc) is 2.16. The van der Waals surface area contributed by atoms with Crippen LogP contribution in [-0.2, 0) is 6.54 Å². The normalized spacial score (nSPS) is 10.7. The van der Waals surface area contributed by atoms with Gasteiger partial charge in [0.05, 0.1) is 5.56 Å². The Kier molecular flexibility index (Phi) is 3.20. The van der Waals surface area contributed by atoms with E-state index in [0.717, 1.165) is 0 Å². The van der Waals surface area contributed by atoms with Crippen molar-refractivity contribution in [2.45, 2.75) is 13.0 Å². The Balaban J connectivity index is 3.38. The summed E-state index contributed by atoms with van der Waals surface area (Å²) in [5, 5.41) is 10.4. The molecule has 0 aliphatic rings. The Morgan fingerprint density at radius 3 is 2.60 bits per heavy atom. The molecule has 1 rings (SSSR count). The monoisotopic (exact) mass is 221 g/mol. The Hall–Kier alpha value is -1.70. The number of aromatic nitrogens is 1. The van der Waals surface area contributed by atoms with Gasteiger partial charge in [0.25, 0.3) is 0 Å². The van der Waals surface area contributed by atoms with Gasteiger partial charge in [0.1, 0.15) is 5.82 Å². The first kappa shape index (κ1) is 11.4. The summed E-state index contributed by atoms with van der Waals surface area (Å²) in [5.41, 5.74) is 3.59. The minimum absolute atomic E-state index is 0.444. The van der Waals surface area contributed by atoms with Crippen molar-refractivity contribution in [3.63, 3.8) is 0 Å². The van der Waals surface area contributed by atoms with Crippen molar-refractivity contribution < 1.29 is 18.1 Å². The van der Waals surface area contributed by atoms with Crippen molar-refractivity contribution in [1.82, 2.24) is 4.98 Å². The van der Waals surface area contributed by atoms with Crippen LogP contribution < -0.4 is 5.73 Å². The maximum atomic E-state index is 13.1. The van der Waals surface area contributed by atoms with E-state index in [4.69, 9.17) is 5.73 Å². The fraction of sp³-hybridized carbons (Fsp3) is 0.286. The van der Waals surface area contributed by atoms with E-state index in [1.165, 1.54) is 0 Å². The summed E-state index contributed by atoms with van der Waals surface area (Å²) in [6.07, 6.45) is -3.06. The summed E-state index contributed by atoms with van der Waals surface area (Å²) in [5.74, 6) is -2.11. The fourth-order valence-corrected chi connectivity index (χ4v) is 0.997. The maximum Gasteiger partial charge on any atom is 0.371 e. The second kappa shape index (κ2) is 4.22. The topological polar surface area (TPSA) is 82.0 Å². The molecule has 0 saturated heterocycles. The van der Waals surface area contributed by atoms with Gasteiger partial charge in [-0.05, 0) is 9.91 Å². The average molecular weight is 221 g/mol. The predicted molar refractivity (Wildman–Crippen MR) is 43.7 cm³/mol. The maximum absolute atomic E-state index is 13.1. The first-order chi connectivity index (χ1) is 6.97. The van der Waals surface area contributed by atoms with Gasteiger partial charge >= 0.3 is 12.2 Å². The molecule has 8 heteroatoms. The highest BCUT2D eigenvalue weighted by Gasteiger charge is 2.25. The highest BCUT2D eigenvalue weighted by Crippen LogP contribution is 2.24. The van der Waals surface area contributed by atoms with Crippen LogP contribution in [0.15, 0.2) is 6.07 Å². The molecule has 0 aromatic carbocycles. The summed E-state index contributed by atoms with van der Waals surface area (Å²) < 4.78 is 37.4. The van der Waals surface area contributed by atoms with Crippen LogP contribution in [0.2, 0.25) is 0 Å². The molecule has 15 heavy (non-hydrogen) atoms. The Bertz CT molecular complexity index is 397. The van der Waals surface area contributed by atoms with E-state index in [1.807, 2.05) is 0 Å². The Morgan fingerprint density at radius 1 is 1.60 bits per heavy atom. The zero-order chi connectivity index (χ0) is 11.6. The molecule has 1 aromatic rings. The van der Waals surface area contributed by atoms with Crippen molar-refractivity contribution in [1.29, 1.82) is 0 Å². The van der Waals surface area contributed by atoms with Crippen molar-refractivity contribution in [2.24, 2.45) is 5.73 Å². The van der Waals surface area contributed by atoms with Gasteiger partial charge < -0.3 is 15.8 Å². The van der Waals surface area contributed by atoms with Gasteiger partial charge in [-0.3, -0.25) is 0 Å². The first-order valence-corrected chi connectivity index (χ1v) is 3.79. The minimum Gasteiger partial charge on any atom is -0.358 e. The number of hydrogen-bond acceptors (Lipinski definition) is 4. The van der Waals surface area contributed by atoms with Crippen LogP contribution in [0.25, 0.3) is 0 Å². The Labute approximate surface area is 81.9 Å². The number of nitrogens with two attached hydrogens (primary N) is 1. The lowest BCUT2D eigenvalue weighted by molar-refractivity contribution is -0.390. The fourth-order valence-electron chi connectivity index (χ4n) is 0.997. The molecule has 1 aromatic heterocycles. The molecule has 0 spiro atoms. The molecule has 0 fully saturated rings. The second-order valence-corrected chi connectivity index (χ2v) is 2.59. The van der Waals surface area contributed by atoms with Gasteiger partial charge in [-0.15, -0.1) is 0 Å². The van der Waals surface area contributed by atoms with Gasteiger partial charge in [-0.2, -0.15) is 0 Å². The third kappa shape index (κ3) is 2.21. The van der Waals surface area contributed by atoms with E-state index in [0.29, 0.717) is 6.07 Å². The van der Waals surface area contributed by atoms with E-state index in [-0.39, 0.29) is 0 Å². The molecule has 0 atom stereocenters. The van der Waals surface area contributed by atoms with Gasteiger partial charge in [0.15, 0.2) is 0 Å². The number of pyridine rings is 1. The molecule has 1 heterocycles. The van der Waals surface area contributed by atoms with Crippen molar-refractivity contribution in [3.8, 4) is 0 Å². The highest BCUT2D eigenvalue weighted by molar-refractivity contribution is 5.35. The van der Waals surface area contributed by atoms with Crippen molar-refractivity contribution in [3.05, 3.63) is 33.3 Å². The molecule has 0 aliphatic carbocycles. The van der Waals surface area contributed by atoms with E-state index in [9.17, 15) is 23.3 Å². The summed E-state index contributed by atoms with van der Waals surface area (Å²) in [7, 11) is 0. The quantitative estimate of drug-likeness (QED) is 0.619. The van der Waals surface area contributed by atoms with Gasteiger partial charge in [-0.1, -0.05) is 0 Å². The lowest BCUT2D eigenvalue weighted by atomic mass is 10.2. The van der Waals surface area contributed by atoms with E-state index in [2.05, 4.69) is 4.98 Å². The third-order valence-electron chi connectivity index (χ3n) is 1.67. The van der Waals surface area contributed by atoms with Crippen LogP contribution in [0.1, 0.15) is 17.7 Å². The van der Waals surface area contributed by atoms with E-state index < -0.39 is 40.8 Å². The van der Waals surface area contributed by atoms with Crippen LogP contribution in [-0.4, -0.2) is 9.91 Å². The van der Waals surface area contributed by atoms with Crippen LogP contribution in [0, 0.1) is 15.9 Å². The molecule has 0 saturated carbocycles. The lowest BCUT2D eigenvalue weighted by Gasteiger charge is -2.02. The summed E-state index contributed by atoms with van der Waals surface area (Å²) in [6.45, 7) is -0.474. The molecule has 82 valence electrons. The number of alkyl halides is 2. The third-order valence-corrected chi connectivity index (χ3v) is 1.67. The summed E-state index contributed by atoms with van der Waals surface area (Å²) >= 11 is 0. The van der Waals surface area contributed by atoms with E-state index >= 15 is 0 Å². The summed E-state index contributed by atoms with van der Waals surface area (Å²) in [4.78, 5) is 12.4. The largest absolute Gasteiger partial charge is 0.371 e. The number of rotatable bonds is 3. The lowest BCUT2D eigenvalue weighted by Crippen LogP contribution is -2.09. The SMILES string of the molecule is NCc1c(F)cc(C(F)F)nc1[N+](=O)[O-]. The summed E-state index contributed by atoms with van der Waals surface area (Å²) in [6, 6.07) is 0.444. The van der Waals surface area contributed by atoms with Crippen LogP contribution in [0.5, 0.6) is 0 Å². The number of halogens is 3. The number of nitro groups is 1. The molecule has 0 radical (unpaired) electrons. The van der Waals surface area contributed by atoms with E-state index in [1.54, 1.807) is 0 Å². The van der Waals surface area contributed by atoms with Gasteiger partial charge in [-0.25, -0.2) is 13.2 Å². The molecule has 2 N–H and O–H groups in total. The zero-order valence-corrected chi connectivity index (χ0v) is 7.28. The minimum atomic E-state index is -3.06.